The molecular weight excluding hydrogens is 456 g/mol. The Bertz CT molecular complexity index is 1040. The third-order valence-electron chi connectivity index (χ3n) is 5.84. The van der Waals surface area contributed by atoms with Gasteiger partial charge in [-0.05, 0) is 44.3 Å². The van der Waals surface area contributed by atoms with E-state index in [2.05, 4.69) is 22.2 Å². The average Bonchev–Trinajstić information content (AvgIpc) is 2.86. The number of anilines is 1. The molecule has 186 valence electrons. The van der Waals surface area contributed by atoms with Crippen molar-refractivity contribution in [3.63, 3.8) is 0 Å². The summed E-state index contributed by atoms with van der Waals surface area (Å²) in [6, 6.07) is 12.9. The molecule has 1 amide bonds. The fraction of sp³-hybridized carbons (Fsp3) is 0.458. The molecule has 1 aliphatic rings. The van der Waals surface area contributed by atoms with Crippen LogP contribution in [0.1, 0.15) is 6.42 Å². The van der Waals surface area contributed by atoms with Gasteiger partial charge in [-0.25, -0.2) is 8.42 Å². The van der Waals surface area contributed by atoms with Gasteiger partial charge in [0.1, 0.15) is 18.0 Å². The van der Waals surface area contributed by atoms with Crippen molar-refractivity contribution in [2.45, 2.75) is 11.3 Å². The molecule has 0 aromatic heterocycles. The first-order valence-electron chi connectivity index (χ1n) is 11.3. The summed E-state index contributed by atoms with van der Waals surface area (Å²) in [5.74, 6) is 0.391. The van der Waals surface area contributed by atoms with Crippen molar-refractivity contribution in [1.82, 2.24) is 15.1 Å². The quantitative estimate of drug-likeness (QED) is 0.479. The Morgan fingerprint density at radius 2 is 1.74 bits per heavy atom. The summed E-state index contributed by atoms with van der Waals surface area (Å²) in [5, 5.41) is 2.87. The van der Waals surface area contributed by atoms with Crippen LogP contribution in [0.25, 0.3) is 0 Å². The maximum absolute atomic E-state index is 13.5. The Balaban J connectivity index is 1.74. The number of ether oxygens (including phenoxy) is 2. The first-order valence-corrected chi connectivity index (χ1v) is 12.8. The Morgan fingerprint density at radius 3 is 2.38 bits per heavy atom. The van der Waals surface area contributed by atoms with E-state index in [1.165, 1.54) is 26.4 Å². The van der Waals surface area contributed by atoms with Crippen molar-refractivity contribution < 1.29 is 22.7 Å². The normalized spacial score (nSPS) is 15.0. The summed E-state index contributed by atoms with van der Waals surface area (Å²) >= 11 is 0. The molecule has 1 aliphatic heterocycles. The number of hydrogen-bond acceptors (Lipinski definition) is 7. The number of carbonyl (C=O) groups excluding carboxylic acids is 1. The third kappa shape index (κ3) is 6.62. The summed E-state index contributed by atoms with van der Waals surface area (Å²) in [5.41, 5.74) is 0.235. The minimum absolute atomic E-state index is 0.0859. The van der Waals surface area contributed by atoms with E-state index in [1.807, 2.05) is 0 Å². The van der Waals surface area contributed by atoms with E-state index in [-0.39, 0.29) is 23.0 Å². The summed E-state index contributed by atoms with van der Waals surface area (Å²) in [6.45, 7) is 5.10. The predicted octanol–water partition coefficient (Wildman–Crippen LogP) is 1.65. The van der Waals surface area contributed by atoms with Gasteiger partial charge in [-0.2, -0.15) is 0 Å². The van der Waals surface area contributed by atoms with Gasteiger partial charge in [0, 0.05) is 38.8 Å². The zero-order valence-corrected chi connectivity index (χ0v) is 20.9. The summed E-state index contributed by atoms with van der Waals surface area (Å²) < 4.78 is 38.8. The van der Waals surface area contributed by atoms with Crippen LogP contribution in [0.4, 0.5) is 5.69 Å². The van der Waals surface area contributed by atoms with Gasteiger partial charge in [-0.3, -0.25) is 9.10 Å². The van der Waals surface area contributed by atoms with Gasteiger partial charge >= 0.3 is 0 Å². The molecule has 0 atom stereocenters. The van der Waals surface area contributed by atoms with Gasteiger partial charge in [0.15, 0.2) is 0 Å². The highest BCUT2D eigenvalue weighted by Crippen LogP contribution is 2.35. The van der Waals surface area contributed by atoms with Crippen LogP contribution in [0.3, 0.4) is 0 Å². The number of rotatable bonds is 11. The van der Waals surface area contributed by atoms with Crippen LogP contribution in [0.5, 0.6) is 11.5 Å². The molecule has 0 unspecified atom stereocenters. The Labute approximate surface area is 202 Å². The lowest BCUT2D eigenvalue weighted by Crippen LogP contribution is -2.45. The van der Waals surface area contributed by atoms with Crippen LogP contribution in [0.2, 0.25) is 0 Å². The standard InChI is InChI=1S/C24H34N4O5S/c1-26-14-16-27(17-15-26)13-7-12-25-24(29)19-28(34(30,31)21-8-5-4-6-9-21)22-18-20(32-2)10-11-23(22)33-3/h4-6,8-11,18H,7,12-17,19H2,1-3H3,(H,25,29). The number of methoxy groups -OCH3 is 2. The van der Waals surface area contributed by atoms with Gasteiger partial charge in [0.2, 0.25) is 5.91 Å². The molecule has 1 fully saturated rings. The number of likely N-dealkylation sites (N-methyl/N-ethyl adjacent to an activating group) is 1. The molecule has 0 aliphatic carbocycles. The van der Waals surface area contributed by atoms with Crippen molar-refractivity contribution in [2.75, 3.05) is 71.4 Å². The number of sulfonamides is 1. The lowest BCUT2D eigenvalue weighted by molar-refractivity contribution is -0.119. The number of hydrogen-bond donors (Lipinski definition) is 1. The van der Waals surface area contributed by atoms with E-state index in [4.69, 9.17) is 9.47 Å². The maximum atomic E-state index is 13.5. The first kappa shape index (κ1) is 25.8. The summed E-state index contributed by atoms with van der Waals surface area (Å²) in [7, 11) is 1.03. The molecule has 2 aromatic carbocycles. The van der Waals surface area contributed by atoms with Gasteiger partial charge < -0.3 is 24.6 Å². The van der Waals surface area contributed by atoms with Crippen LogP contribution in [-0.4, -0.2) is 91.2 Å². The highest BCUT2D eigenvalue weighted by molar-refractivity contribution is 7.92. The van der Waals surface area contributed by atoms with Crippen molar-refractivity contribution >= 4 is 21.6 Å². The molecule has 0 saturated carbocycles. The van der Waals surface area contributed by atoms with Gasteiger partial charge in [0.05, 0.1) is 24.8 Å². The lowest BCUT2D eigenvalue weighted by atomic mass is 10.2. The van der Waals surface area contributed by atoms with E-state index in [9.17, 15) is 13.2 Å². The topological polar surface area (TPSA) is 91.4 Å². The molecule has 0 radical (unpaired) electrons. The number of amides is 1. The van der Waals surface area contributed by atoms with Crippen LogP contribution < -0.4 is 19.1 Å². The second-order valence-electron chi connectivity index (χ2n) is 8.21. The molecule has 3 rings (SSSR count). The summed E-state index contributed by atoms with van der Waals surface area (Å²) in [6.07, 6.45) is 0.795. The Kier molecular flexibility index (Phi) is 9.14. The van der Waals surface area contributed by atoms with E-state index in [0.29, 0.717) is 18.0 Å². The van der Waals surface area contributed by atoms with E-state index in [1.54, 1.807) is 36.4 Å². The van der Waals surface area contributed by atoms with E-state index >= 15 is 0 Å². The van der Waals surface area contributed by atoms with Gasteiger partial charge in [-0.1, -0.05) is 18.2 Å². The SMILES string of the molecule is COc1ccc(OC)c(N(CC(=O)NCCCN2CCN(C)CC2)S(=O)(=O)c2ccccc2)c1. The first-order chi connectivity index (χ1) is 16.3. The number of piperazine rings is 1. The van der Waals surface area contributed by atoms with Crippen LogP contribution in [0.15, 0.2) is 53.4 Å². The minimum atomic E-state index is -4.04. The molecular formula is C24H34N4O5S. The smallest absolute Gasteiger partial charge is 0.264 e. The van der Waals surface area contributed by atoms with Crippen LogP contribution in [-0.2, 0) is 14.8 Å². The maximum Gasteiger partial charge on any atom is 0.264 e. The predicted molar refractivity (Wildman–Crippen MR) is 132 cm³/mol. The molecule has 1 saturated heterocycles. The van der Waals surface area contributed by atoms with Gasteiger partial charge in [-0.15, -0.1) is 0 Å². The number of nitrogens with zero attached hydrogens (tertiary/aromatic N) is 3. The zero-order chi connectivity index (χ0) is 24.6. The van der Waals surface area contributed by atoms with E-state index < -0.39 is 10.0 Å². The molecule has 1 heterocycles. The number of nitrogens with one attached hydrogen (secondary N) is 1. The number of carbonyl (C=O) groups is 1. The van der Waals surface area contributed by atoms with E-state index in [0.717, 1.165) is 43.4 Å². The van der Waals surface area contributed by atoms with Crippen molar-refractivity contribution in [1.29, 1.82) is 0 Å². The van der Waals surface area contributed by atoms with Crippen molar-refractivity contribution in [3.8, 4) is 11.5 Å². The molecule has 0 bridgehead atoms. The van der Waals surface area contributed by atoms with Crippen molar-refractivity contribution in [3.05, 3.63) is 48.5 Å². The second-order valence-corrected chi connectivity index (χ2v) is 10.1. The summed E-state index contributed by atoms with van der Waals surface area (Å²) in [4.78, 5) is 17.6. The molecule has 0 spiro atoms. The Morgan fingerprint density at radius 1 is 1.03 bits per heavy atom. The zero-order valence-electron chi connectivity index (χ0n) is 20.1. The van der Waals surface area contributed by atoms with Crippen LogP contribution in [0, 0.1) is 0 Å². The fourth-order valence-corrected chi connectivity index (χ4v) is 5.24. The monoisotopic (exact) mass is 490 g/mol. The second kappa shape index (κ2) is 12.0. The molecule has 10 heteroatoms. The average molecular weight is 491 g/mol. The largest absolute Gasteiger partial charge is 0.497 e. The highest BCUT2D eigenvalue weighted by Gasteiger charge is 2.29. The molecule has 9 nitrogen and oxygen atoms in total. The fourth-order valence-electron chi connectivity index (χ4n) is 3.80. The molecule has 34 heavy (non-hydrogen) atoms. The van der Waals surface area contributed by atoms with Crippen LogP contribution >= 0.6 is 0 Å². The highest BCUT2D eigenvalue weighted by atomic mass is 32.2. The number of benzene rings is 2. The van der Waals surface area contributed by atoms with Crippen molar-refractivity contribution in [2.24, 2.45) is 0 Å². The Hall–Kier alpha value is -2.82. The van der Waals surface area contributed by atoms with Gasteiger partial charge in [0.25, 0.3) is 10.0 Å². The molecule has 1 N–H and O–H groups in total. The minimum Gasteiger partial charge on any atom is -0.497 e. The molecule has 2 aromatic rings. The third-order valence-corrected chi connectivity index (χ3v) is 7.62. The lowest BCUT2D eigenvalue weighted by Gasteiger charge is -2.32.